The summed E-state index contributed by atoms with van der Waals surface area (Å²) in [6.45, 7) is 0. The lowest BCUT2D eigenvalue weighted by Crippen LogP contribution is -2.01. The van der Waals surface area contributed by atoms with Crippen molar-refractivity contribution >= 4 is 32.7 Å². The van der Waals surface area contributed by atoms with E-state index in [0.717, 1.165) is 0 Å². The van der Waals surface area contributed by atoms with Crippen LogP contribution in [0.1, 0.15) is 16.1 Å². The van der Waals surface area contributed by atoms with Gasteiger partial charge in [-0.2, -0.15) is 0 Å². The van der Waals surface area contributed by atoms with Crippen LogP contribution in [0.15, 0.2) is 51.4 Å². The highest BCUT2D eigenvalue weighted by Gasteiger charge is 2.19. The lowest BCUT2D eigenvalue weighted by Gasteiger charge is -2.01. The molecule has 0 N–H and O–H groups in total. The number of ketones is 1. The number of furan rings is 1. The molecule has 100 valence electrons. The highest BCUT2D eigenvalue weighted by Crippen LogP contribution is 2.26. The van der Waals surface area contributed by atoms with Gasteiger partial charge in [0.15, 0.2) is 5.76 Å². The van der Waals surface area contributed by atoms with Gasteiger partial charge in [-0.25, -0.2) is 8.78 Å². The highest BCUT2D eigenvalue weighted by molar-refractivity contribution is 9.10. The molecule has 0 saturated heterocycles. The summed E-state index contributed by atoms with van der Waals surface area (Å²) in [5, 5.41) is 0.487. The van der Waals surface area contributed by atoms with Crippen LogP contribution in [-0.2, 0) is 0 Å². The summed E-state index contributed by atoms with van der Waals surface area (Å²) in [6, 6.07) is 9.59. The van der Waals surface area contributed by atoms with Crippen molar-refractivity contribution in [2.45, 2.75) is 0 Å². The van der Waals surface area contributed by atoms with Crippen molar-refractivity contribution in [2.24, 2.45) is 0 Å². The molecule has 5 heteroatoms. The minimum Gasteiger partial charge on any atom is -0.453 e. The SMILES string of the molecule is O=C(c1cc2cc(F)ccc2o1)c1cccc(F)c1Br. The molecule has 0 amide bonds. The smallest absolute Gasteiger partial charge is 0.229 e. The largest absolute Gasteiger partial charge is 0.453 e. The van der Waals surface area contributed by atoms with Crippen molar-refractivity contribution in [3.8, 4) is 0 Å². The van der Waals surface area contributed by atoms with E-state index >= 15 is 0 Å². The van der Waals surface area contributed by atoms with Gasteiger partial charge in [0.25, 0.3) is 0 Å². The van der Waals surface area contributed by atoms with Gasteiger partial charge in [-0.05, 0) is 52.3 Å². The molecule has 1 aromatic heterocycles. The number of halogens is 3. The van der Waals surface area contributed by atoms with Crippen LogP contribution in [0, 0.1) is 11.6 Å². The van der Waals surface area contributed by atoms with E-state index in [2.05, 4.69) is 15.9 Å². The second-order valence-electron chi connectivity index (χ2n) is 4.22. The van der Waals surface area contributed by atoms with Crippen molar-refractivity contribution in [2.75, 3.05) is 0 Å². The van der Waals surface area contributed by atoms with Crippen LogP contribution in [0.25, 0.3) is 11.0 Å². The van der Waals surface area contributed by atoms with E-state index in [1.807, 2.05) is 0 Å². The van der Waals surface area contributed by atoms with Crippen LogP contribution in [-0.4, -0.2) is 5.78 Å². The molecular formula is C15H7BrF2O2. The van der Waals surface area contributed by atoms with Crippen LogP contribution < -0.4 is 0 Å². The molecule has 20 heavy (non-hydrogen) atoms. The summed E-state index contributed by atoms with van der Waals surface area (Å²) in [4.78, 5) is 12.3. The predicted molar refractivity (Wildman–Crippen MR) is 73.7 cm³/mol. The van der Waals surface area contributed by atoms with Crippen LogP contribution >= 0.6 is 15.9 Å². The van der Waals surface area contributed by atoms with E-state index in [1.54, 1.807) is 0 Å². The zero-order valence-electron chi connectivity index (χ0n) is 9.99. The van der Waals surface area contributed by atoms with Crippen molar-refractivity contribution in [1.29, 1.82) is 0 Å². The molecule has 2 nitrogen and oxygen atoms in total. The molecule has 0 bridgehead atoms. The Hall–Kier alpha value is -2.01. The average molecular weight is 337 g/mol. The molecule has 0 aliphatic heterocycles. The van der Waals surface area contributed by atoms with E-state index in [-0.39, 0.29) is 15.8 Å². The first-order valence-electron chi connectivity index (χ1n) is 5.74. The Labute approximate surface area is 121 Å². The third kappa shape index (κ3) is 2.14. The molecule has 0 aliphatic carbocycles. The zero-order chi connectivity index (χ0) is 14.3. The summed E-state index contributed by atoms with van der Waals surface area (Å²) in [6.07, 6.45) is 0. The Kier molecular flexibility index (Phi) is 3.14. The van der Waals surface area contributed by atoms with Gasteiger partial charge in [-0.15, -0.1) is 0 Å². The fourth-order valence-electron chi connectivity index (χ4n) is 1.94. The first kappa shape index (κ1) is 13.0. The van der Waals surface area contributed by atoms with E-state index in [4.69, 9.17) is 4.42 Å². The Balaban J connectivity index is 2.10. The maximum absolute atomic E-state index is 13.4. The summed E-state index contributed by atoms with van der Waals surface area (Å²) in [7, 11) is 0. The highest BCUT2D eigenvalue weighted by atomic mass is 79.9. The lowest BCUT2D eigenvalue weighted by atomic mass is 10.1. The Morgan fingerprint density at radius 3 is 2.70 bits per heavy atom. The van der Waals surface area contributed by atoms with E-state index < -0.39 is 17.4 Å². The number of hydrogen-bond donors (Lipinski definition) is 0. The number of fused-ring (bicyclic) bond motifs is 1. The van der Waals surface area contributed by atoms with Crippen molar-refractivity contribution in [1.82, 2.24) is 0 Å². The van der Waals surface area contributed by atoms with Gasteiger partial charge in [0.2, 0.25) is 5.78 Å². The maximum atomic E-state index is 13.4. The molecule has 0 unspecified atom stereocenters. The molecular weight excluding hydrogens is 330 g/mol. The van der Waals surface area contributed by atoms with Crippen LogP contribution in [0.4, 0.5) is 8.78 Å². The summed E-state index contributed by atoms with van der Waals surface area (Å²) in [5.41, 5.74) is 0.562. The summed E-state index contributed by atoms with van der Waals surface area (Å²) < 4.78 is 32.0. The monoisotopic (exact) mass is 336 g/mol. The molecule has 0 spiro atoms. The number of hydrogen-bond acceptors (Lipinski definition) is 2. The van der Waals surface area contributed by atoms with E-state index in [9.17, 15) is 13.6 Å². The Morgan fingerprint density at radius 1 is 1.10 bits per heavy atom. The third-order valence-electron chi connectivity index (χ3n) is 2.90. The molecule has 3 rings (SSSR count). The van der Waals surface area contributed by atoms with Crippen LogP contribution in [0.5, 0.6) is 0 Å². The number of benzene rings is 2. The van der Waals surface area contributed by atoms with Gasteiger partial charge in [-0.1, -0.05) is 6.07 Å². The van der Waals surface area contributed by atoms with Crippen molar-refractivity contribution in [3.05, 3.63) is 69.9 Å². The Morgan fingerprint density at radius 2 is 1.90 bits per heavy atom. The molecule has 0 atom stereocenters. The summed E-state index contributed by atoms with van der Waals surface area (Å²) in [5.74, 6) is -1.37. The van der Waals surface area contributed by atoms with E-state index in [1.165, 1.54) is 42.5 Å². The molecule has 0 fully saturated rings. The fraction of sp³-hybridized carbons (Fsp3) is 0. The van der Waals surface area contributed by atoms with Crippen LogP contribution in [0.3, 0.4) is 0 Å². The van der Waals surface area contributed by atoms with Gasteiger partial charge < -0.3 is 4.42 Å². The molecule has 1 heterocycles. The standard InChI is InChI=1S/C15H7BrF2O2/c16-14-10(2-1-3-11(14)18)15(19)13-7-8-6-9(17)4-5-12(8)20-13/h1-7H. The normalized spacial score (nSPS) is 10.9. The van der Waals surface area contributed by atoms with Crippen LogP contribution in [0.2, 0.25) is 0 Å². The molecule has 3 aromatic rings. The quantitative estimate of drug-likeness (QED) is 0.634. The van der Waals surface area contributed by atoms with Crippen molar-refractivity contribution < 1.29 is 18.0 Å². The number of rotatable bonds is 2. The molecule has 2 aromatic carbocycles. The first-order valence-corrected chi connectivity index (χ1v) is 6.53. The number of carbonyl (C=O) groups is 1. The second kappa shape index (κ2) is 4.83. The third-order valence-corrected chi connectivity index (χ3v) is 3.70. The number of carbonyl (C=O) groups excluding carboxylic acids is 1. The summed E-state index contributed by atoms with van der Waals surface area (Å²) >= 11 is 3.04. The van der Waals surface area contributed by atoms with Gasteiger partial charge in [0, 0.05) is 10.9 Å². The topological polar surface area (TPSA) is 30.2 Å². The minimum absolute atomic E-state index is 0.0388. The second-order valence-corrected chi connectivity index (χ2v) is 5.02. The molecule has 0 aliphatic rings. The van der Waals surface area contributed by atoms with Crippen molar-refractivity contribution in [3.63, 3.8) is 0 Å². The van der Waals surface area contributed by atoms with Gasteiger partial charge in [0.05, 0.1) is 4.47 Å². The Bertz CT molecular complexity index is 824. The molecule has 0 saturated carbocycles. The maximum Gasteiger partial charge on any atom is 0.229 e. The fourth-order valence-corrected chi connectivity index (χ4v) is 2.38. The van der Waals surface area contributed by atoms with Gasteiger partial charge >= 0.3 is 0 Å². The zero-order valence-corrected chi connectivity index (χ0v) is 11.6. The van der Waals surface area contributed by atoms with Gasteiger partial charge in [-0.3, -0.25) is 4.79 Å². The van der Waals surface area contributed by atoms with Gasteiger partial charge in [0.1, 0.15) is 17.2 Å². The average Bonchev–Trinajstić information content (AvgIpc) is 2.84. The first-order chi connectivity index (χ1) is 9.56. The lowest BCUT2D eigenvalue weighted by molar-refractivity contribution is 0.101. The molecule has 0 radical (unpaired) electrons. The van der Waals surface area contributed by atoms with E-state index in [0.29, 0.717) is 11.0 Å². The minimum atomic E-state index is -0.530. The predicted octanol–water partition coefficient (Wildman–Crippen LogP) is 4.70.